The molecular formula is C19H27N5O. The molecule has 0 bridgehead atoms. The smallest absolute Gasteiger partial charge is 0.145 e. The standard InChI is InChI=1S/C19H27N5O/c20-19-16-6-1-2-7-17(16)21-18(22-19)14-24-10-8-23(9-11-24)13-15-5-3-4-12-25-15/h1-2,6-7,15H,3-5,8-14H2,(H2,20,21,22). The van der Waals surface area contributed by atoms with E-state index >= 15 is 0 Å². The van der Waals surface area contributed by atoms with Gasteiger partial charge in [0.1, 0.15) is 11.6 Å². The number of nitrogen functional groups attached to an aromatic ring is 1. The van der Waals surface area contributed by atoms with E-state index in [-0.39, 0.29) is 0 Å². The van der Waals surface area contributed by atoms with Crippen molar-refractivity contribution in [2.45, 2.75) is 31.9 Å². The fraction of sp³-hybridized carbons (Fsp3) is 0.579. The highest BCUT2D eigenvalue weighted by Gasteiger charge is 2.22. The van der Waals surface area contributed by atoms with Gasteiger partial charge in [-0.05, 0) is 31.4 Å². The van der Waals surface area contributed by atoms with E-state index < -0.39 is 0 Å². The molecular weight excluding hydrogens is 314 g/mol. The van der Waals surface area contributed by atoms with Gasteiger partial charge in [0.15, 0.2) is 0 Å². The van der Waals surface area contributed by atoms with Gasteiger partial charge < -0.3 is 10.5 Å². The summed E-state index contributed by atoms with van der Waals surface area (Å²) < 4.78 is 5.87. The Labute approximate surface area is 149 Å². The molecule has 25 heavy (non-hydrogen) atoms. The molecule has 6 nitrogen and oxygen atoms in total. The molecule has 1 unspecified atom stereocenters. The zero-order valence-electron chi connectivity index (χ0n) is 14.7. The van der Waals surface area contributed by atoms with Gasteiger partial charge in [-0.25, -0.2) is 9.97 Å². The van der Waals surface area contributed by atoms with Crippen molar-refractivity contribution in [3.63, 3.8) is 0 Å². The van der Waals surface area contributed by atoms with Gasteiger partial charge in [0, 0.05) is 44.7 Å². The number of rotatable bonds is 4. The second-order valence-corrected chi connectivity index (χ2v) is 7.11. The van der Waals surface area contributed by atoms with Crippen molar-refractivity contribution < 1.29 is 4.74 Å². The third-order valence-electron chi connectivity index (χ3n) is 5.24. The van der Waals surface area contributed by atoms with Gasteiger partial charge in [-0.15, -0.1) is 0 Å². The summed E-state index contributed by atoms with van der Waals surface area (Å²) in [5.74, 6) is 1.40. The molecule has 2 aliphatic heterocycles. The van der Waals surface area contributed by atoms with Gasteiger partial charge in [0.2, 0.25) is 0 Å². The summed E-state index contributed by atoms with van der Waals surface area (Å²) in [6.45, 7) is 7.04. The van der Waals surface area contributed by atoms with Gasteiger partial charge in [-0.3, -0.25) is 9.80 Å². The topological polar surface area (TPSA) is 67.5 Å². The van der Waals surface area contributed by atoms with Crippen LogP contribution in [0.25, 0.3) is 10.9 Å². The van der Waals surface area contributed by atoms with Crippen molar-refractivity contribution in [1.29, 1.82) is 0 Å². The number of ether oxygens (including phenoxy) is 1. The summed E-state index contributed by atoms with van der Waals surface area (Å²) in [7, 11) is 0. The number of benzene rings is 1. The lowest BCUT2D eigenvalue weighted by Gasteiger charge is -2.36. The predicted octanol–water partition coefficient (Wildman–Crippen LogP) is 1.90. The number of para-hydroxylation sites is 1. The van der Waals surface area contributed by atoms with Gasteiger partial charge >= 0.3 is 0 Å². The number of piperazine rings is 1. The summed E-state index contributed by atoms with van der Waals surface area (Å²) in [4.78, 5) is 14.1. The second kappa shape index (κ2) is 7.64. The first kappa shape index (κ1) is 16.7. The summed E-state index contributed by atoms with van der Waals surface area (Å²) >= 11 is 0. The molecule has 1 aromatic heterocycles. The predicted molar refractivity (Wildman–Crippen MR) is 99.3 cm³/mol. The normalized spacial score (nSPS) is 23.1. The van der Waals surface area contributed by atoms with Gasteiger partial charge in [0.05, 0.1) is 18.2 Å². The van der Waals surface area contributed by atoms with Crippen molar-refractivity contribution in [2.75, 3.05) is 45.1 Å². The third-order valence-corrected chi connectivity index (χ3v) is 5.24. The lowest BCUT2D eigenvalue weighted by molar-refractivity contribution is -0.0147. The molecule has 0 saturated carbocycles. The van der Waals surface area contributed by atoms with E-state index in [1.165, 1.54) is 19.3 Å². The Bertz CT molecular complexity index is 708. The SMILES string of the molecule is Nc1nc(CN2CCN(CC3CCCCO3)CC2)nc2ccccc12. The fourth-order valence-electron chi connectivity index (χ4n) is 3.79. The molecule has 0 aliphatic carbocycles. The maximum absolute atomic E-state index is 6.10. The van der Waals surface area contributed by atoms with Gasteiger partial charge in [-0.2, -0.15) is 0 Å². The number of hydrogen-bond acceptors (Lipinski definition) is 6. The third kappa shape index (κ3) is 4.08. The second-order valence-electron chi connectivity index (χ2n) is 7.11. The van der Waals surface area contributed by atoms with Crippen molar-refractivity contribution in [3.05, 3.63) is 30.1 Å². The Morgan fingerprint density at radius 1 is 1.04 bits per heavy atom. The number of hydrogen-bond donors (Lipinski definition) is 1. The highest BCUT2D eigenvalue weighted by molar-refractivity contribution is 5.87. The molecule has 0 amide bonds. The molecule has 2 saturated heterocycles. The Morgan fingerprint density at radius 2 is 1.84 bits per heavy atom. The first-order chi connectivity index (χ1) is 12.3. The molecule has 6 heteroatoms. The maximum Gasteiger partial charge on any atom is 0.145 e. The van der Waals surface area contributed by atoms with E-state index in [2.05, 4.69) is 19.8 Å². The summed E-state index contributed by atoms with van der Waals surface area (Å²) in [5.41, 5.74) is 7.03. The van der Waals surface area contributed by atoms with Crippen LogP contribution >= 0.6 is 0 Å². The zero-order chi connectivity index (χ0) is 17.1. The molecule has 1 aromatic carbocycles. The van der Waals surface area contributed by atoms with Crippen molar-refractivity contribution in [1.82, 2.24) is 19.8 Å². The number of nitrogens with two attached hydrogens (primary N) is 1. The highest BCUT2D eigenvalue weighted by Crippen LogP contribution is 2.19. The van der Waals surface area contributed by atoms with Gasteiger partial charge in [-0.1, -0.05) is 12.1 Å². The Balaban J connectivity index is 1.32. The number of aromatic nitrogens is 2. The molecule has 0 spiro atoms. The van der Waals surface area contributed by atoms with Crippen LogP contribution in [0.2, 0.25) is 0 Å². The van der Waals surface area contributed by atoms with E-state index in [1.807, 2.05) is 24.3 Å². The van der Waals surface area contributed by atoms with Crippen molar-refractivity contribution in [2.24, 2.45) is 0 Å². The van der Waals surface area contributed by atoms with Crippen LogP contribution in [0.1, 0.15) is 25.1 Å². The maximum atomic E-state index is 6.10. The molecule has 2 aliphatic rings. The molecule has 1 atom stereocenters. The summed E-state index contributed by atoms with van der Waals surface area (Å²) in [6, 6.07) is 7.93. The van der Waals surface area contributed by atoms with Crippen molar-refractivity contribution in [3.8, 4) is 0 Å². The first-order valence-corrected chi connectivity index (χ1v) is 9.35. The van der Waals surface area contributed by atoms with Crippen LogP contribution in [0.3, 0.4) is 0 Å². The van der Waals surface area contributed by atoms with E-state index in [0.29, 0.717) is 11.9 Å². The van der Waals surface area contributed by atoms with E-state index in [9.17, 15) is 0 Å². The average Bonchev–Trinajstić information content (AvgIpc) is 2.64. The van der Waals surface area contributed by atoms with Crippen LogP contribution in [0.4, 0.5) is 5.82 Å². The quantitative estimate of drug-likeness (QED) is 0.916. The lowest BCUT2D eigenvalue weighted by Crippen LogP contribution is -2.48. The molecule has 3 heterocycles. The monoisotopic (exact) mass is 341 g/mol. The van der Waals surface area contributed by atoms with Crippen LogP contribution in [-0.4, -0.2) is 65.2 Å². The fourth-order valence-corrected chi connectivity index (χ4v) is 3.79. The molecule has 4 rings (SSSR count). The van der Waals surface area contributed by atoms with E-state index in [4.69, 9.17) is 10.5 Å². The van der Waals surface area contributed by atoms with Gasteiger partial charge in [0.25, 0.3) is 0 Å². The van der Waals surface area contributed by atoms with E-state index in [0.717, 1.165) is 62.6 Å². The Hall–Kier alpha value is -1.76. The molecule has 0 radical (unpaired) electrons. The number of anilines is 1. The highest BCUT2D eigenvalue weighted by atomic mass is 16.5. The largest absolute Gasteiger partial charge is 0.383 e. The molecule has 2 aromatic rings. The Kier molecular flexibility index (Phi) is 5.10. The summed E-state index contributed by atoms with van der Waals surface area (Å²) in [6.07, 6.45) is 4.18. The van der Waals surface area contributed by atoms with Crippen LogP contribution < -0.4 is 5.73 Å². The van der Waals surface area contributed by atoms with Crippen LogP contribution in [0, 0.1) is 0 Å². The van der Waals surface area contributed by atoms with Crippen molar-refractivity contribution >= 4 is 16.7 Å². The minimum atomic E-state index is 0.434. The Morgan fingerprint density at radius 3 is 2.64 bits per heavy atom. The minimum Gasteiger partial charge on any atom is -0.383 e. The van der Waals surface area contributed by atoms with E-state index in [1.54, 1.807) is 0 Å². The number of fused-ring (bicyclic) bond motifs is 1. The number of nitrogens with zero attached hydrogens (tertiary/aromatic N) is 4. The first-order valence-electron chi connectivity index (χ1n) is 9.35. The molecule has 134 valence electrons. The minimum absolute atomic E-state index is 0.434. The average molecular weight is 341 g/mol. The summed E-state index contributed by atoms with van der Waals surface area (Å²) in [5, 5.41) is 0.934. The molecule has 2 fully saturated rings. The van der Waals surface area contributed by atoms with Crippen LogP contribution in [0.5, 0.6) is 0 Å². The van der Waals surface area contributed by atoms with Crippen LogP contribution in [-0.2, 0) is 11.3 Å². The molecule has 2 N–H and O–H groups in total. The zero-order valence-corrected chi connectivity index (χ0v) is 14.7. The van der Waals surface area contributed by atoms with Crippen LogP contribution in [0.15, 0.2) is 24.3 Å². The lowest BCUT2D eigenvalue weighted by atomic mass is 10.1.